The number of rotatable bonds is 5. The first-order valence-electron chi connectivity index (χ1n) is 9.23. The number of hydrogen-bond donors (Lipinski definition) is 2. The van der Waals surface area contributed by atoms with E-state index in [4.69, 9.17) is 0 Å². The Kier molecular flexibility index (Phi) is 4.51. The highest BCUT2D eigenvalue weighted by Gasteiger charge is 2.21. The van der Waals surface area contributed by atoms with Gasteiger partial charge in [-0.3, -0.25) is 0 Å². The molecule has 0 spiro atoms. The first-order valence-corrected chi connectivity index (χ1v) is 9.23. The lowest BCUT2D eigenvalue weighted by molar-refractivity contribution is 0.375. The second-order valence-corrected chi connectivity index (χ2v) is 7.16. The van der Waals surface area contributed by atoms with E-state index in [0.29, 0.717) is 5.92 Å². The third-order valence-electron chi connectivity index (χ3n) is 5.13. The van der Waals surface area contributed by atoms with Crippen molar-refractivity contribution in [3.63, 3.8) is 0 Å². The van der Waals surface area contributed by atoms with Gasteiger partial charge >= 0.3 is 0 Å². The highest BCUT2D eigenvalue weighted by atomic mass is 15.3. The predicted molar refractivity (Wildman–Crippen MR) is 104 cm³/mol. The van der Waals surface area contributed by atoms with Crippen LogP contribution in [-0.4, -0.2) is 32.7 Å². The minimum Gasteiger partial charge on any atom is -0.370 e. The Morgan fingerprint density at radius 3 is 2.88 bits per heavy atom. The number of fused-ring (bicyclic) bond motifs is 1. The lowest BCUT2D eigenvalue weighted by atomic mass is 10.1. The molecule has 136 valence electrons. The normalized spacial score (nSPS) is 17.6. The van der Waals surface area contributed by atoms with Crippen LogP contribution >= 0.6 is 0 Å². The van der Waals surface area contributed by atoms with Crippen LogP contribution < -0.4 is 10.6 Å². The van der Waals surface area contributed by atoms with Crippen molar-refractivity contribution in [2.75, 3.05) is 18.4 Å². The monoisotopic (exact) mass is 350 g/mol. The number of benzene rings is 1. The van der Waals surface area contributed by atoms with Gasteiger partial charge in [0.1, 0.15) is 5.82 Å². The summed E-state index contributed by atoms with van der Waals surface area (Å²) in [5, 5.41) is 16.3. The molecular weight excluding hydrogens is 324 g/mol. The number of nitrogens with zero attached hydrogens (tertiary/aromatic N) is 4. The maximum atomic E-state index is 4.58. The van der Waals surface area contributed by atoms with Gasteiger partial charge in [0.2, 0.25) is 0 Å². The lowest BCUT2D eigenvalue weighted by Crippen LogP contribution is -2.36. The van der Waals surface area contributed by atoms with Crippen molar-refractivity contribution in [3.8, 4) is 5.69 Å². The first kappa shape index (κ1) is 16.8. The molecule has 0 aliphatic carbocycles. The van der Waals surface area contributed by atoms with Crippen LogP contribution in [0.5, 0.6) is 0 Å². The fraction of sp³-hybridized carbons (Fsp3) is 0.400. The zero-order valence-corrected chi connectivity index (χ0v) is 15.6. The van der Waals surface area contributed by atoms with Gasteiger partial charge in [-0.25, -0.2) is 9.36 Å². The summed E-state index contributed by atoms with van der Waals surface area (Å²) >= 11 is 0. The molecule has 0 amide bonds. The van der Waals surface area contributed by atoms with E-state index in [0.717, 1.165) is 36.8 Å². The summed E-state index contributed by atoms with van der Waals surface area (Å²) in [7, 11) is 0. The molecule has 0 fully saturated rings. The van der Waals surface area contributed by atoms with E-state index in [1.54, 1.807) is 0 Å². The van der Waals surface area contributed by atoms with Crippen molar-refractivity contribution in [1.82, 2.24) is 24.9 Å². The number of para-hydroxylation sites is 1. The van der Waals surface area contributed by atoms with Crippen LogP contribution in [-0.2, 0) is 6.54 Å². The third kappa shape index (κ3) is 3.24. The number of aromatic nitrogens is 4. The molecule has 3 heterocycles. The number of nitrogens with one attached hydrogen (secondary N) is 2. The van der Waals surface area contributed by atoms with Crippen molar-refractivity contribution < 1.29 is 0 Å². The molecule has 2 aromatic heterocycles. The van der Waals surface area contributed by atoms with Crippen LogP contribution in [0.25, 0.3) is 5.69 Å². The third-order valence-corrected chi connectivity index (χ3v) is 5.13. The molecule has 2 N–H and O–H groups in total. The fourth-order valence-electron chi connectivity index (χ4n) is 3.65. The highest BCUT2D eigenvalue weighted by molar-refractivity contribution is 5.38. The van der Waals surface area contributed by atoms with E-state index in [-0.39, 0.29) is 6.04 Å². The molecule has 0 saturated heterocycles. The van der Waals surface area contributed by atoms with Crippen LogP contribution in [0.15, 0.2) is 42.6 Å². The summed E-state index contributed by atoms with van der Waals surface area (Å²) < 4.78 is 4.09. The van der Waals surface area contributed by atoms with Crippen molar-refractivity contribution >= 4 is 5.82 Å². The smallest absolute Gasteiger partial charge is 0.124 e. The Labute approximate surface area is 154 Å². The molecule has 3 aromatic rings. The average Bonchev–Trinajstić information content (AvgIpc) is 3.21. The maximum absolute atomic E-state index is 4.58. The molecule has 4 rings (SSSR count). The van der Waals surface area contributed by atoms with Gasteiger partial charge in [0.25, 0.3) is 0 Å². The Morgan fingerprint density at radius 2 is 2.08 bits per heavy atom. The van der Waals surface area contributed by atoms with Gasteiger partial charge < -0.3 is 10.6 Å². The van der Waals surface area contributed by atoms with Crippen molar-refractivity contribution in [2.45, 2.75) is 33.4 Å². The summed E-state index contributed by atoms with van der Waals surface area (Å²) in [6, 6.07) is 12.6. The summed E-state index contributed by atoms with van der Waals surface area (Å²) in [4.78, 5) is 0. The largest absolute Gasteiger partial charge is 0.370 e. The van der Waals surface area contributed by atoms with Crippen LogP contribution in [0.3, 0.4) is 0 Å². The SMILES string of the molecule is Cc1cc2n(n1)CC(CNC(C)c1cnn(-c3ccccc3)c1C)CN2. The van der Waals surface area contributed by atoms with Crippen molar-refractivity contribution in [1.29, 1.82) is 0 Å². The van der Waals surface area contributed by atoms with E-state index >= 15 is 0 Å². The minimum absolute atomic E-state index is 0.258. The molecule has 26 heavy (non-hydrogen) atoms. The lowest BCUT2D eigenvalue weighted by Gasteiger charge is -2.26. The molecule has 0 saturated carbocycles. The summed E-state index contributed by atoms with van der Waals surface area (Å²) in [6.45, 7) is 9.26. The zero-order valence-electron chi connectivity index (χ0n) is 15.6. The number of hydrogen-bond acceptors (Lipinski definition) is 4. The molecule has 6 nitrogen and oxygen atoms in total. The first-order chi connectivity index (χ1) is 12.6. The van der Waals surface area contributed by atoms with Gasteiger partial charge in [-0.1, -0.05) is 18.2 Å². The standard InChI is InChI=1S/C20H26N6/c1-14-9-20-22-11-17(13-25(20)24-14)10-21-15(2)19-12-23-26(16(19)3)18-7-5-4-6-8-18/h4-9,12,15,17,21-22H,10-11,13H2,1-3H3. The molecular formula is C20H26N6. The summed E-state index contributed by atoms with van der Waals surface area (Å²) in [5.74, 6) is 1.65. The molecule has 0 radical (unpaired) electrons. The van der Waals surface area contributed by atoms with Crippen LogP contribution in [0.4, 0.5) is 5.82 Å². The zero-order chi connectivity index (χ0) is 18.1. The summed E-state index contributed by atoms with van der Waals surface area (Å²) in [5.41, 5.74) is 4.59. The van der Waals surface area contributed by atoms with Gasteiger partial charge in [0.15, 0.2) is 0 Å². The average molecular weight is 350 g/mol. The Balaban J connectivity index is 1.40. The predicted octanol–water partition coefficient (Wildman–Crippen LogP) is 3.08. The molecule has 1 aromatic carbocycles. The van der Waals surface area contributed by atoms with Crippen molar-refractivity contribution in [2.24, 2.45) is 5.92 Å². The summed E-state index contributed by atoms with van der Waals surface area (Å²) in [6.07, 6.45) is 1.98. The molecule has 1 aliphatic heterocycles. The van der Waals surface area contributed by atoms with Crippen LogP contribution in [0.2, 0.25) is 0 Å². The molecule has 1 aliphatic rings. The second kappa shape index (κ2) is 6.96. The van der Waals surface area contributed by atoms with Gasteiger partial charge in [-0.05, 0) is 32.9 Å². The van der Waals surface area contributed by atoms with Gasteiger partial charge in [0.05, 0.1) is 17.6 Å². The van der Waals surface area contributed by atoms with Crippen LogP contribution in [0.1, 0.15) is 29.9 Å². The minimum atomic E-state index is 0.258. The Hall–Kier alpha value is -2.60. The van der Waals surface area contributed by atoms with Gasteiger partial charge in [0, 0.05) is 48.9 Å². The van der Waals surface area contributed by atoms with Gasteiger partial charge in [-0.2, -0.15) is 10.2 Å². The number of anilines is 1. The molecule has 0 bridgehead atoms. The quantitative estimate of drug-likeness (QED) is 0.742. The molecule has 6 heteroatoms. The van der Waals surface area contributed by atoms with E-state index in [9.17, 15) is 0 Å². The Bertz CT molecular complexity index is 879. The Morgan fingerprint density at radius 1 is 1.27 bits per heavy atom. The highest BCUT2D eigenvalue weighted by Crippen LogP contribution is 2.22. The van der Waals surface area contributed by atoms with E-state index in [1.807, 2.05) is 36.0 Å². The maximum Gasteiger partial charge on any atom is 0.124 e. The van der Waals surface area contributed by atoms with E-state index in [1.165, 1.54) is 11.3 Å². The van der Waals surface area contributed by atoms with E-state index in [2.05, 4.69) is 57.6 Å². The second-order valence-electron chi connectivity index (χ2n) is 7.16. The fourth-order valence-corrected chi connectivity index (χ4v) is 3.65. The van der Waals surface area contributed by atoms with Crippen molar-refractivity contribution in [3.05, 3.63) is 59.5 Å². The van der Waals surface area contributed by atoms with E-state index < -0.39 is 0 Å². The molecule has 2 atom stereocenters. The number of aryl methyl sites for hydroxylation is 1. The van der Waals surface area contributed by atoms with Gasteiger partial charge in [-0.15, -0.1) is 0 Å². The topological polar surface area (TPSA) is 59.7 Å². The van der Waals surface area contributed by atoms with Crippen LogP contribution in [0, 0.1) is 19.8 Å². The molecule has 2 unspecified atom stereocenters.